The maximum absolute atomic E-state index is 6.57. The van der Waals surface area contributed by atoms with Crippen LogP contribution in [0.15, 0.2) is 207 Å². The van der Waals surface area contributed by atoms with E-state index in [4.69, 9.17) is 18.8 Å². The van der Waals surface area contributed by atoms with Crippen LogP contribution >= 0.6 is 0 Å². The first-order valence-electron chi connectivity index (χ1n) is 20.0. The molecule has 2 atom stereocenters. The molecular weight excluding hydrogens is 709 g/mol. The second-order valence-corrected chi connectivity index (χ2v) is 15.4. The lowest BCUT2D eigenvalue weighted by molar-refractivity contribution is 0.493. The lowest BCUT2D eigenvalue weighted by Gasteiger charge is -2.20. The van der Waals surface area contributed by atoms with Crippen molar-refractivity contribution in [2.45, 2.75) is 19.4 Å². The van der Waals surface area contributed by atoms with Crippen LogP contribution in [0.1, 0.15) is 36.1 Å². The van der Waals surface area contributed by atoms with Gasteiger partial charge >= 0.3 is 0 Å². The molecule has 0 N–H and O–H groups in total. The lowest BCUT2D eigenvalue weighted by Crippen LogP contribution is -2.12. The molecule has 0 radical (unpaired) electrons. The molecule has 4 heteroatoms. The molecule has 11 rings (SSSR count). The Bertz CT molecular complexity index is 3210. The molecule has 0 amide bonds. The Kier molecular flexibility index (Phi) is 8.21. The number of amidine groups is 1. The molecule has 0 aliphatic carbocycles. The number of hydrogen-bond donors (Lipinski definition) is 0. The van der Waals surface area contributed by atoms with Gasteiger partial charge in [-0.15, -0.1) is 0 Å². The number of rotatable bonds is 6. The summed E-state index contributed by atoms with van der Waals surface area (Å²) in [6, 6.07) is 66.0. The quantitative estimate of drug-likeness (QED) is 0.170. The van der Waals surface area contributed by atoms with Gasteiger partial charge in [-0.05, 0) is 81.6 Å². The highest BCUT2D eigenvalue weighted by atomic mass is 16.3. The van der Waals surface area contributed by atoms with E-state index in [1.54, 1.807) is 0 Å². The van der Waals surface area contributed by atoms with Gasteiger partial charge in [0.2, 0.25) is 0 Å². The Morgan fingerprint density at radius 1 is 0.431 bits per heavy atom. The summed E-state index contributed by atoms with van der Waals surface area (Å²) >= 11 is 0. The van der Waals surface area contributed by atoms with Gasteiger partial charge < -0.3 is 8.83 Å². The zero-order valence-corrected chi connectivity index (χ0v) is 32.0. The van der Waals surface area contributed by atoms with Gasteiger partial charge in [0.15, 0.2) is 5.84 Å². The van der Waals surface area contributed by atoms with Crippen molar-refractivity contribution >= 4 is 55.4 Å². The predicted molar refractivity (Wildman–Crippen MR) is 240 cm³/mol. The van der Waals surface area contributed by atoms with Gasteiger partial charge in [0.1, 0.15) is 22.3 Å². The van der Waals surface area contributed by atoms with Crippen LogP contribution in [0.5, 0.6) is 0 Å². The minimum Gasteiger partial charge on any atom is -0.456 e. The minimum atomic E-state index is -0.129. The van der Waals surface area contributed by atoms with Gasteiger partial charge in [0.05, 0.1) is 11.8 Å². The van der Waals surface area contributed by atoms with Crippen LogP contribution in [0, 0.1) is 5.92 Å². The van der Waals surface area contributed by atoms with Crippen molar-refractivity contribution in [2.75, 3.05) is 0 Å². The average Bonchev–Trinajstić information content (AvgIpc) is 3.80. The third kappa shape index (κ3) is 6.02. The van der Waals surface area contributed by atoms with Gasteiger partial charge in [-0.3, -0.25) is 4.99 Å². The molecule has 0 saturated heterocycles. The summed E-state index contributed by atoms with van der Waals surface area (Å²) in [6.07, 6.45) is 0.770. The van der Waals surface area contributed by atoms with Crippen LogP contribution in [-0.4, -0.2) is 11.5 Å². The molecule has 58 heavy (non-hydrogen) atoms. The van der Waals surface area contributed by atoms with E-state index in [0.717, 1.165) is 89.7 Å². The first kappa shape index (κ1) is 34.0. The third-order valence-corrected chi connectivity index (χ3v) is 11.7. The first-order chi connectivity index (χ1) is 28.6. The molecule has 2 aromatic heterocycles. The van der Waals surface area contributed by atoms with E-state index < -0.39 is 0 Å². The molecule has 0 saturated carbocycles. The summed E-state index contributed by atoms with van der Waals surface area (Å²) in [5.41, 5.74) is 14.6. The largest absolute Gasteiger partial charge is 0.456 e. The Balaban J connectivity index is 0.999. The first-order valence-corrected chi connectivity index (χ1v) is 20.0. The highest BCUT2D eigenvalue weighted by Crippen LogP contribution is 2.40. The number of furan rings is 2. The summed E-state index contributed by atoms with van der Waals surface area (Å²) in [6.45, 7) is 2.29. The summed E-state index contributed by atoms with van der Waals surface area (Å²) in [5, 5.41) is 4.46. The molecule has 276 valence electrons. The molecular formula is C54H38N2O2. The molecule has 8 aromatic carbocycles. The molecule has 1 aliphatic heterocycles. The topological polar surface area (TPSA) is 51.0 Å². The van der Waals surface area contributed by atoms with Crippen molar-refractivity contribution in [2.24, 2.45) is 15.9 Å². The Morgan fingerprint density at radius 3 is 1.86 bits per heavy atom. The molecule has 0 spiro atoms. The van der Waals surface area contributed by atoms with Crippen LogP contribution in [0.3, 0.4) is 0 Å². The normalized spacial score (nSPS) is 15.8. The molecule has 4 nitrogen and oxygen atoms in total. The van der Waals surface area contributed by atoms with Crippen LogP contribution in [0.4, 0.5) is 0 Å². The second kappa shape index (κ2) is 14.0. The number of benzene rings is 8. The zero-order chi connectivity index (χ0) is 38.6. The Labute approximate surface area is 336 Å². The van der Waals surface area contributed by atoms with Crippen LogP contribution in [-0.2, 0) is 0 Å². The van der Waals surface area contributed by atoms with Crippen LogP contribution < -0.4 is 0 Å². The smallest absolute Gasteiger partial charge is 0.155 e. The fourth-order valence-electron chi connectivity index (χ4n) is 8.67. The van der Waals surface area contributed by atoms with Gasteiger partial charge in [0, 0.05) is 32.7 Å². The van der Waals surface area contributed by atoms with E-state index in [1.807, 2.05) is 18.2 Å². The van der Waals surface area contributed by atoms with Crippen molar-refractivity contribution in [1.82, 2.24) is 0 Å². The van der Waals surface area contributed by atoms with Gasteiger partial charge in [-0.2, -0.15) is 0 Å². The minimum absolute atomic E-state index is 0.129. The highest BCUT2D eigenvalue weighted by molar-refractivity contribution is 6.14. The van der Waals surface area contributed by atoms with Crippen molar-refractivity contribution in [3.63, 3.8) is 0 Å². The van der Waals surface area contributed by atoms with Crippen molar-refractivity contribution in [1.29, 1.82) is 0 Å². The fourth-order valence-corrected chi connectivity index (χ4v) is 8.67. The van der Waals surface area contributed by atoms with E-state index in [1.165, 1.54) is 22.3 Å². The summed E-state index contributed by atoms with van der Waals surface area (Å²) in [7, 11) is 0. The molecule has 1 unspecified atom stereocenters. The van der Waals surface area contributed by atoms with Crippen molar-refractivity contribution in [3.05, 3.63) is 205 Å². The van der Waals surface area contributed by atoms with Gasteiger partial charge in [0.25, 0.3) is 0 Å². The van der Waals surface area contributed by atoms with E-state index in [0.29, 0.717) is 0 Å². The Hall–Kier alpha value is -7.30. The predicted octanol–water partition coefficient (Wildman–Crippen LogP) is 14.5. The number of para-hydroxylation sites is 2. The summed E-state index contributed by atoms with van der Waals surface area (Å²) < 4.78 is 12.9. The molecule has 10 aromatic rings. The van der Waals surface area contributed by atoms with Gasteiger partial charge in [-0.25, -0.2) is 4.99 Å². The highest BCUT2D eigenvalue weighted by Gasteiger charge is 2.27. The maximum Gasteiger partial charge on any atom is 0.155 e. The Morgan fingerprint density at radius 2 is 1.05 bits per heavy atom. The molecule has 1 aliphatic rings. The second-order valence-electron chi connectivity index (χ2n) is 15.4. The van der Waals surface area contributed by atoms with E-state index in [2.05, 4.69) is 177 Å². The summed E-state index contributed by atoms with van der Waals surface area (Å²) in [4.78, 5) is 10.9. The zero-order valence-electron chi connectivity index (χ0n) is 32.0. The van der Waals surface area contributed by atoms with Crippen LogP contribution in [0.25, 0.3) is 77.3 Å². The number of nitrogens with zero attached hydrogens (tertiary/aromatic N) is 2. The van der Waals surface area contributed by atoms with E-state index in [-0.39, 0.29) is 12.0 Å². The summed E-state index contributed by atoms with van der Waals surface area (Å²) in [5.74, 6) is 0.895. The standard InChI is InChI=1S/C54H38N2O2/c1-34-30-48(41-17-10-16-39(31-41)35-12-4-2-5-13-35)55-54(56-52(34)42-26-28-45-44-18-8-9-21-49(44)57-51(45)33-42)38-24-22-37(23-25-38)43-19-11-20-46-47-32-40(36-14-6-3-7-15-36)27-29-50(47)58-53(43)46/h2-29,31-34,52H,30H2,1H3/t34-,52?/m1/s1. The fraction of sp³-hybridized carbons (Fsp3) is 0.0741. The number of aliphatic imine (C=N–C) groups is 2. The van der Waals surface area contributed by atoms with Crippen molar-refractivity contribution in [3.8, 4) is 33.4 Å². The van der Waals surface area contributed by atoms with Crippen molar-refractivity contribution < 1.29 is 8.83 Å². The molecule has 0 bridgehead atoms. The monoisotopic (exact) mass is 746 g/mol. The van der Waals surface area contributed by atoms with E-state index >= 15 is 0 Å². The van der Waals surface area contributed by atoms with Crippen LogP contribution in [0.2, 0.25) is 0 Å². The maximum atomic E-state index is 6.57. The molecule has 3 heterocycles. The molecule has 0 fully saturated rings. The van der Waals surface area contributed by atoms with Gasteiger partial charge in [-0.1, -0.05) is 165 Å². The number of hydrogen-bond acceptors (Lipinski definition) is 4. The average molecular weight is 747 g/mol. The lowest BCUT2D eigenvalue weighted by atomic mass is 9.88. The third-order valence-electron chi connectivity index (χ3n) is 11.7. The van der Waals surface area contributed by atoms with E-state index in [9.17, 15) is 0 Å². The number of fused-ring (bicyclic) bond motifs is 6. The SMILES string of the molecule is C[C@@H]1CC(c2cccc(-c3ccccc3)c2)=NC(c2ccc(-c3cccc4c3oc3ccc(-c5ccccc5)cc34)cc2)=NC1c1ccc2c(c1)oc1ccccc12.